The second-order valence-electron chi connectivity index (χ2n) is 5.43. The minimum absolute atomic E-state index is 0.187. The number of sulfone groups is 1. The third kappa shape index (κ3) is 3.23. The van der Waals surface area contributed by atoms with E-state index in [0.29, 0.717) is 24.5 Å². The van der Waals surface area contributed by atoms with Crippen molar-refractivity contribution in [3.05, 3.63) is 0 Å². The number of hydrogen-bond acceptors (Lipinski definition) is 5. The van der Waals surface area contributed by atoms with Crippen LogP contribution in [0.2, 0.25) is 0 Å². The zero-order valence-electron chi connectivity index (χ0n) is 11.0. The molecule has 2 rings (SSSR count). The number of fused-ring (bicyclic) bond motifs is 2. The van der Waals surface area contributed by atoms with Crippen molar-refractivity contribution in [3.63, 3.8) is 0 Å². The molecule has 0 aromatic carbocycles. The van der Waals surface area contributed by atoms with Gasteiger partial charge < -0.3 is 4.74 Å². The predicted octanol–water partition coefficient (Wildman–Crippen LogP) is 0.601. The van der Waals surface area contributed by atoms with Crippen molar-refractivity contribution in [2.24, 2.45) is 11.8 Å². The van der Waals surface area contributed by atoms with Gasteiger partial charge in [-0.2, -0.15) is 0 Å². The lowest BCUT2D eigenvalue weighted by Gasteiger charge is -2.27. The third-order valence-corrected chi connectivity index (χ3v) is 6.08. The Morgan fingerprint density at radius 2 is 2.22 bits per heavy atom. The van der Waals surface area contributed by atoms with Crippen LogP contribution in [0.5, 0.6) is 0 Å². The minimum atomic E-state index is -2.86. The molecule has 2 fully saturated rings. The van der Waals surface area contributed by atoms with Crippen molar-refractivity contribution in [2.75, 3.05) is 11.5 Å². The quantitative estimate of drug-likeness (QED) is 0.526. The standard InChI is InChI=1S/C12H24N2O3S/c1-2-18(15,16)7-3-4-11(14-13)10-8-9-5-6-12(10)17-9/h9-12,14H,2-8,13H2,1H3. The molecule has 2 heterocycles. The molecular weight excluding hydrogens is 252 g/mol. The molecule has 0 radical (unpaired) electrons. The summed E-state index contributed by atoms with van der Waals surface area (Å²) in [5, 5.41) is 0. The fourth-order valence-corrected chi connectivity index (χ4v) is 4.08. The van der Waals surface area contributed by atoms with Crippen LogP contribution in [0.15, 0.2) is 0 Å². The summed E-state index contributed by atoms with van der Waals surface area (Å²) in [6.07, 6.45) is 5.60. The highest BCUT2D eigenvalue weighted by Gasteiger charge is 2.43. The van der Waals surface area contributed by atoms with Crippen molar-refractivity contribution < 1.29 is 13.2 Å². The normalized spacial score (nSPS) is 32.9. The van der Waals surface area contributed by atoms with Crippen LogP contribution < -0.4 is 11.3 Å². The molecular formula is C12H24N2O3S. The largest absolute Gasteiger partial charge is 0.375 e. The van der Waals surface area contributed by atoms with Gasteiger partial charge in [-0.05, 0) is 32.1 Å². The molecule has 3 N–H and O–H groups in total. The second-order valence-corrected chi connectivity index (χ2v) is 7.90. The summed E-state index contributed by atoms with van der Waals surface area (Å²) in [5.41, 5.74) is 2.86. The van der Waals surface area contributed by atoms with E-state index in [1.807, 2.05) is 0 Å². The lowest BCUT2D eigenvalue weighted by Crippen LogP contribution is -2.44. The van der Waals surface area contributed by atoms with Crippen LogP contribution >= 0.6 is 0 Å². The molecule has 0 aromatic heterocycles. The van der Waals surface area contributed by atoms with E-state index in [4.69, 9.17) is 10.6 Å². The Hall–Kier alpha value is -0.170. The van der Waals surface area contributed by atoms with Gasteiger partial charge in [0.1, 0.15) is 9.84 Å². The van der Waals surface area contributed by atoms with E-state index >= 15 is 0 Å². The van der Waals surface area contributed by atoms with Crippen molar-refractivity contribution in [1.82, 2.24) is 5.43 Å². The van der Waals surface area contributed by atoms with E-state index < -0.39 is 9.84 Å². The van der Waals surface area contributed by atoms with Crippen LogP contribution in [0.1, 0.15) is 39.0 Å². The lowest BCUT2D eigenvalue weighted by molar-refractivity contribution is 0.0849. The van der Waals surface area contributed by atoms with Crippen LogP contribution in [0.3, 0.4) is 0 Å². The van der Waals surface area contributed by atoms with Crippen LogP contribution in [-0.2, 0) is 14.6 Å². The van der Waals surface area contributed by atoms with E-state index in [1.165, 1.54) is 6.42 Å². The molecule has 4 unspecified atom stereocenters. The minimum Gasteiger partial charge on any atom is -0.375 e. The highest BCUT2D eigenvalue weighted by Crippen LogP contribution is 2.41. The maximum absolute atomic E-state index is 11.4. The summed E-state index contributed by atoms with van der Waals surface area (Å²) < 4.78 is 28.7. The smallest absolute Gasteiger partial charge is 0.150 e. The van der Waals surface area contributed by atoms with E-state index in [-0.39, 0.29) is 17.5 Å². The maximum atomic E-state index is 11.4. The fourth-order valence-electron chi connectivity index (χ4n) is 3.19. The Morgan fingerprint density at radius 3 is 2.72 bits per heavy atom. The number of ether oxygens (including phenoxy) is 1. The van der Waals surface area contributed by atoms with Crippen LogP contribution in [-0.4, -0.2) is 38.2 Å². The number of hydrogen-bond donors (Lipinski definition) is 2. The predicted molar refractivity (Wildman–Crippen MR) is 70.7 cm³/mol. The SMILES string of the molecule is CCS(=O)(=O)CCCC(NN)C1CC2CCC1O2. The van der Waals surface area contributed by atoms with Gasteiger partial charge in [0.15, 0.2) is 0 Å². The zero-order valence-corrected chi connectivity index (χ0v) is 11.8. The molecule has 2 saturated heterocycles. The van der Waals surface area contributed by atoms with Gasteiger partial charge in [-0.15, -0.1) is 0 Å². The van der Waals surface area contributed by atoms with Crippen LogP contribution in [0, 0.1) is 5.92 Å². The van der Waals surface area contributed by atoms with Gasteiger partial charge in [0.05, 0.1) is 18.0 Å². The highest BCUT2D eigenvalue weighted by molar-refractivity contribution is 7.91. The van der Waals surface area contributed by atoms with Gasteiger partial charge in [-0.3, -0.25) is 11.3 Å². The summed E-state index contributed by atoms with van der Waals surface area (Å²) >= 11 is 0. The van der Waals surface area contributed by atoms with Crippen molar-refractivity contribution in [2.45, 2.75) is 57.3 Å². The van der Waals surface area contributed by atoms with Crippen molar-refractivity contribution in [1.29, 1.82) is 0 Å². The van der Waals surface area contributed by atoms with E-state index in [9.17, 15) is 8.42 Å². The average molecular weight is 276 g/mol. The van der Waals surface area contributed by atoms with Gasteiger partial charge in [0, 0.05) is 17.7 Å². The first-order valence-corrected chi connectivity index (χ1v) is 8.70. The molecule has 2 aliphatic rings. The Kier molecular flexibility index (Phi) is 4.64. The van der Waals surface area contributed by atoms with Crippen molar-refractivity contribution >= 4 is 9.84 Å². The van der Waals surface area contributed by atoms with Crippen LogP contribution in [0.4, 0.5) is 0 Å². The van der Waals surface area contributed by atoms with Gasteiger partial charge in [0.25, 0.3) is 0 Å². The summed E-state index contributed by atoms with van der Waals surface area (Å²) in [5.74, 6) is 6.56. The van der Waals surface area contributed by atoms with Gasteiger partial charge in [0.2, 0.25) is 0 Å². The topological polar surface area (TPSA) is 81.4 Å². The van der Waals surface area contributed by atoms with E-state index in [1.54, 1.807) is 6.92 Å². The number of nitrogens with two attached hydrogens (primary N) is 1. The monoisotopic (exact) mass is 276 g/mol. The first-order valence-electron chi connectivity index (χ1n) is 6.87. The molecule has 0 spiro atoms. The second kappa shape index (κ2) is 5.86. The Bertz CT molecular complexity index is 372. The van der Waals surface area contributed by atoms with Crippen LogP contribution in [0.25, 0.3) is 0 Å². The molecule has 2 aliphatic heterocycles. The fraction of sp³-hybridized carbons (Fsp3) is 1.00. The Morgan fingerprint density at radius 1 is 1.44 bits per heavy atom. The molecule has 0 aliphatic carbocycles. The van der Waals surface area contributed by atoms with Gasteiger partial charge >= 0.3 is 0 Å². The van der Waals surface area contributed by atoms with Gasteiger partial charge in [-0.25, -0.2) is 8.42 Å². The summed E-state index contributed by atoms with van der Waals surface area (Å²) in [6.45, 7) is 1.69. The van der Waals surface area contributed by atoms with Crippen molar-refractivity contribution in [3.8, 4) is 0 Å². The zero-order chi connectivity index (χ0) is 13.2. The first-order chi connectivity index (χ1) is 8.55. The molecule has 106 valence electrons. The molecule has 0 saturated carbocycles. The Labute approximate surface area is 109 Å². The summed E-state index contributed by atoms with van der Waals surface area (Å²) in [6, 6.07) is 0.187. The van der Waals surface area contributed by atoms with E-state index in [0.717, 1.165) is 19.3 Å². The average Bonchev–Trinajstić information content (AvgIpc) is 2.97. The first kappa shape index (κ1) is 14.2. The summed E-state index contributed by atoms with van der Waals surface area (Å²) in [7, 11) is -2.86. The van der Waals surface area contributed by atoms with E-state index in [2.05, 4.69) is 5.43 Å². The Balaban J connectivity index is 1.80. The molecule has 4 atom stereocenters. The number of nitrogens with one attached hydrogen (secondary N) is 1. The number of rotatable bonds is 7. The molecule has 5 nitrogen and oxygen atoms in total. The summed E-state index contributed by atoms with van der Waals surface area (Å²) in [4.78, 5) is 0. The highest BCUT2D eigenvalue weighted by atomic mass is 32.2. The van der Waals surface area contributed by atoms with Gasteiger partial charge in [-0.1, -0.05) is 6.92 Å². The maximum Gasteiger partial charge on any atom is 0.150 e. The molecule has 0 amide bonds. The molecule has 2 bridgehead atoms. The third-order valence-electron chi connectivity index (χ3n) is 4.29. The molecule has 18 heavy (non-hydrogen) atoms. The molecule has 6 heteroatoms. The number of hydrazine groups is 1. The lowest BCUT2D eigenvalue weighted by atomic mass is 9.82. The molecule has 0 aromatic rings.